The molecule has 0 aliphatic carbocycles. The number of carbonyl (C=O) groups is 1. The van der Waals surface area contributed by atoms with Gasteiger partial charge in [0.2, 0.25) is 0 Å². The molecular weight excluding hydrogens is 282 g/mol. The summed E-state index contributed by atoms with van der Waals surface area (Å²) in [5.41, 5.74) is 0.201. The molecule has 1 aliphatic heterocycles. The first kappa shape index (κ1) is 14.7. The lowest BCUT2D eigenvalue weighted by Gasteiger charge is -2.37. The highest BCUT2D eigenvalue weighted by molar-refractivity contribution is 6.34. The summed E-state index contributed by atoms with van der Waals surface area (Å²) >= 11 is 5.99. The van der Waals surface area contributed by atoms with Crippen LogP contribution in [0.15, 0.2) is 18.2 Å². The quantitative estimate of drug-likeness (QED) is 0.619. The number of piperazine rings is 1. The second kappa shape index (κ2) is 5.76. The zero-order valence-electron chi connectivity index (χ0n) is 11.4. The minimum atomic E-state index is -0.530. The van der Waals surface area contributed by atoms with E-state index in [9.17, 15) is 14.9 Å². The fraction of sp³-hybridized carbons (Fsp3) is 0.462. The standard InChI is InChI=1S/C13H16ClN3O3/c1-9-8-16(6-5-15(9)2)13(18)11-4-3-10(17(19)20)7-12(11)14/h3-4,7,9H,5-6,8H2,1-2H3. The van der Waals surface area contributed by atoms with Crippen molar-refractivity contribution in [3.05, 3.63) is 38.9 Å². The molecule has 0 N–H and O–H groups in total. The molecule has 0 spiro atoms. The van der Waals surface area contributed by atoms with Crippen LogP contribution in [0.25, 0.3) is 0 Å². The van der Waals surface area contributed by atoms with Crippen molar-refractivity contribution in [3.63, 3.8) is 0 Å². The zero-order valence-corrected chi connectivity index (χ0v) is 12.1. The number of benzene rings is 1. The van der Waals surface area contributed by atoms with E-state index >= 15 is 0 Å². The Balaban J connectivity index is 2.19. The highest BCUT2D eigenvalue weighted by atomic mass is 35.5. The Labute approximate surface area is 122 Å². The predicted octanol–water partition coefficient (Wildman–Crippen LogP) is 2.02. The average Bonchev–Trinajstić information content (AvgIpc) is 2.41. The van der Waals surface area contributed by atoms with Crippen molar-refractivity contribution in [3.8, 4) is 0 Å². The molecule has 1 atom stereocenters. The maximum absolute atomic E-state index is 12.4. The molecule has 6 nitrogen and oxygen atoms in total. The molecule has 0 bridgehead atoms. The van der Waals surface area contributed by atoms with Crippen LogP contribution in [-0.2, 0) is 0 Å². The van der Waals surface area contributed by atoms with Gasteiger partial charge in [0.05, 0.1) is 15.5 Å². The van der Waals surface area contributed by atoms with Gasteiger partial charge < -0.3 is 9.80 Å². The van der Waals surface area contributed by atoms with Gasteiger partial charge in [0, 0.05) is 37.8 Å². The topological polar surface area (TPSA) is 66.7 Å². The first-order chi connectivity index (χ1) is 9.40. The Hall–Kier alpha value is -1.66. The Morgan fingerprint density at radius 2 is 2.15 bits per heavy atom. The van der Waals surface area contributed by atoms with Crippen molar-refractivity contribution in [1.29, 1.82) is 0 Å². The fourth-order valence-electron chi connectivity index (χ4n) is 2.19. The van der Waals surface area contributed by atoms with Gasteiger partial charge in [-0.05, 0) is 20.0 Å². The van der Waals surface area contributed by atoms with Crippen LogP contribution < -0.4 is 0 Å². The summed E-state index contributed by atoms with van der Waals surface area (Å²) in [7, 11) is 2.02. The van der Waals surface area contributed by atoms with E-state index in [0.29, 0.717) is 18.7 Å². The van der Waals surface area contributed by atoms with Crippen LogP contribution in [0.1, 0.15) is 17.3 Å². The zero-order chi connectivity index (χ0) is 14.9. The Morgan fingerprint density at radius 1 is 1.45 bits per heavy atom. The molecule has 1 aromatic carbocycles. The second-order valence-corrected chi connectivity index (χ2v) is 5.41. The van der Waals surface area contributed by atoms with E-state index in [2.05, 4.69) is 11.8 Å². The first-order valence-corrected chi connectivity index (χ1v) is 6.71. The summed E-state index contributed by atoms with van der Waals surface area (Å²) in [6.07, 6.45) is 0. The van der Waals surface area contributed by atoms with Crippen LogP contribution >= 0.6 is 11.6 Å². The fourth-order valence-corrected chi connectivity index (χ4v) is 2.45. The molecule has 0 radical (unpaired) electrons. The Kier molecular flexibility index (Phi) is 4.25. The highest BCUT2D eigenvalue weighted by Gasteiger charge is 2.26. The molecule has 1 amide bonds. The highest BCUT2D eigenvalue weighted by Crippen LogP contribution is 2.24. The van der Waals surface area contributed by atoms with Crippen molar-refractivity contribution >= 4 is 23.2 Å². The third-order valence-corrected chi connectivity index (χ3v) is 3.95. The molecule has 108 valence electrons. The first-order valence-electron chi connectivity index (χ1n) is 6.33. The molecule has 0 saturated carbocycles. The molecule has 1 aliphatic rings. The lowest BCUT2D eigenvalue weighted by Crippen LogP contribution is -2.52. The van der Waals surface area contributed by atoms with E-state index in [-0.39, 0.29) is 22.7 Å². The number of nitro groups is 1. The third kappa shape index (κ3) is 2.91. The summed E-state index contributed by atoms with van der Waals surface area (Å²) < 4.78 is 0. The largest absolute Gasteiger partial charge is 0.336 e. The number of carbonyl (C=O) groups excluding carboxylic acids is 1. The van der Waals surface area contributed by atoms with Crippen LogP contribution in [0.2, 0.25) is 5.02 Å². The molecule has 1 aromatic rings. The Morgan fingerprint density at radius 3 is 2.70 bits per heavy atom. The number of rotatable bonds is 2. The van der Waals surface area contributed by atoms with Gasteiger partial charge in [-0.2, -0.15) is 0 Å². The molecule has 20 heavy (non-hydrogen) atoms. The summed E-state index contributed by atoms with van der Waals surface area (Å²) in [5.74, 6) is -0.176. The smallest absolute Gasteiger partial charge is 0.270 e. The molecule has 1 fully saturated rings. The van der Waals surface area contributed by atoms with Crippen LogP contribution in [0.3, 0.4) is 0 Å². The monoisotopic (exact) mass is 297 g/mol. The number of amides is 1. The Bertz CT molecular complexity index is 550. The molecular formula is C13H16ClN3O3. The third-order valence-electron chi connectivity index (χ3n) is 3.64. The van der Waals surface area contributed by atoms with Gasteiger partial charge in [-0.25, -0.2) is 0 Å². The van der Waals surface area contributed by atoms with Crippen molar-refractivity contribution in [1.82, 2.24) is 9.80 Å². The number of non-ortho nitro benzene ring substituents is 1. The SMILES string of the molecule is CC1CN(C(=O)c2ccc([N+](=O)[O-])cc2Cl)CCN1C. The maximum Gasteiger partial charge on any atom is 0.270 e. The maximum atomic E-state index is 12.4. The number of likely N-dealkylation sites (N-methyl/N-ethyl adjacent to an activating group) is 1. The second-order valence-electron chi connectivity index (χ2n) is 5.00. The van der Waals surface area contributed by atoms with Gasteiger partial charge in [0.1, 0.15) is 0 Å². The van der Waals surface area contributed by atoms with E-state index in [0.717, 1.165) is 6.54 Å². The van der Waals surface area contributed by atoms with Gasteiger partial charge in [-0.3, -0.25) is 14.9 Å². The van der Waals surface area contributed by atoms with Crippen LogP contribution in [-0.4, -0.2) is 53.4 Å². The van der Waals surface area contributed by atoms with Gasteiger partial charge >= 0.3 is 0 Å². The lowest BCUT2D eigenvalue weighted by atomic mass is 10.1. The average molecular weight is 298 g/mol. The van der Waals surface area contributed by atoms with Crippen molar-refractivity contribution in [2.45, 2.75) is 13.0 Å². The number of hydrogen-bond acceptors (Lipinski definition) is 4. The van der Waals surface area contributed by atoms with Crippen LogP contribution in [0.5, 0.6) is 0 Å². The number of nitro benzene ring substituents is 1. The number of hydrogen-bond donors (Lipinski definition) is 0. The number of nitrogens with zero attached hydrogens (tertiary/aromatic N) is 3. The predicted molar refractivity (Wildman–Crippen MR) is 76.1 cm³/mol. The number of halogens is 1. The van der Waals surface area contributed by atoms with E-state index < -0.39 is 4.92 Å². The normalized spacial score (nSPS) is 19.9. The summed E-state index contributed by atoms with van der Waals surface area (Å²) in [4.78, 5) is 26.5. The van der Waals surface area contributed by atoms with Gasteiger partial charge in [-0.1, -0.05) is 11.6 Å². The van der Waals surface area contributed by atoms with Crippen molar-refractivity contribution in [2.75, 3.05) is 26.7 Å². The molecule has 1 saturated heterocycles. The molecule has 7 heteroatoms. The van der Waals surface area contributed by atoms with E-state index in [1.54, 1.807) is 4.90 Å². The lowest BCUT2D eigenvalue weighted by molar-refractivity contribution is -0.384. The van der Waals surface area contributed by atoms with Gasteiger partial charge in [-0.15, -0.1) is 0 Å². The van der Waals surface area contributed by atoms with Crippen molar-refractivity contribution in [2.24, 2.45) is 0 Å². The van der Waals surface area contributed by atoms with Crippen LogP contribution in [0.4, 0.5) is 5.69 Å². The van der Waals surface area contributed by atoms with Crippen LogP contribution in [0, 0.1) is 10.1 Å². The van der Waals surface area contributed by atoms with Gasteiger partial charge in [0.25, 0.3) is 11.6 Å². The summed E-state index contributed by atoms with van der Waals surface area (Å²) in [5, 5.41) is 10.8. The minimum Gasteiger partial charge on any atom is -0.336 e. The molecule has 2 rings (SSSR count). The molecule has 0 aromatic heterocycles. The molecule has 1 unspecified atom stereocenters. The molecule has 1 heterocycles. The van der Waals surface area contributed by atoms with Crippen molar-refractivity contribution < 1.29 is 9.72 Å². The van der Waals surface area contributed by atoms with E-state index in [1.807, 2.05) is 7.05 Å². The van der Waals surface area contributed by atoms with E-state index in [1.165, 1.54) is 18.2 Å². The summed E-state index contributed by atoms with van der Waals surface area (Å²) in [6.45, 7) is 4.12. The summed E-state index contributed by atoms with van der Waals surface area (Å²) in [6, 6.07) is 4.23. The van der Waals surface area contributed by atoms with E-state index in [4.69, 9.17) is 11.6 Å². The minimum absolute atomic E-state index is 0.113. The van der Waals surface area contributed by atoms with Gasteiger partial charge in [0.15, 0.2) is 0 Å².